The molecule has 144 valence electrons. The van der Waals surface area contributed by atoms with Crippen LogP contribution in [0.2, 0.25) is 0 Å². The highest BCUT2D eigenvalue weighted by molar-refractivity contribution is 5.72. The van der Waals surface area contributed by atoms with Crippen molar-refractivity contribution in [1.29, 1.82) is 0 Å². The van der Waals surface area contributed by atoms with Gasteiger partial charge in [-0.25, -0.2) is 9.97 Å². The number of aromatic nitrogens is 4. The number of fused-ring (bicyclic) bond motifs is 1. The van der Waals surface area contributed by atoms with E-state index in [4.69, 9.17) is 10.5 Å². The van der Waals surface area contributed by atoms with Gasteiger partial charge in [0.05, 0.1) is 17.6 Å². The van der Waals surface area contributed by atoms with Crippen LogP contribution in [-0.2, 0) is 7.05 Å². The third kappa shape index (κ3) is 3.80. The Bertz CT molecular complexity index is 1070. The molecule has 8 heteroatoms. The van der Waals surface area contributed by atoms with Gasteiger partial charge in [-0.15, -0.1) is 0 Å². The molecule has 28 heavy (non-hydrogen) atoms. The van der Waals surface area contributed by atoms with Gasteiger partial charge in [0.15, 0.2) is 11.5 Å². The van der Waals surface area contributed by atoms with Crippen LogP contribution in [0.15, 0.2) is 67.4 Å². The van der Waals surface area contributed by atoms with Crippen LogP contribution >= 0.6 is 0 Å². The summed E-state index contributed by atoms with van der Waals surface area (Å²) in [5.41, 5.74) is 9.38. The van der Waals surface area contributed by atoms with Crippen molar-refractivity contribution >= 4 is 28.4 Å². The molecule has 0 aliphatic rings. The number of anilines is 3. The summed E-state index contributed by atoms with van der Waals surface area (Å²) in [4.78, 5) is 14.9. The largest absolute Gasteiger partial charge is 0.426 e. The molecule has 0 aromatic carbocycles. The van der Waals surface area contributed by atoms with Crippen molar-refractivity contribution in [2.24, 2.45) is 7.05 Å². The molecule has 0 unspecified atom stereocenters. The number of nitrogen functional groups attached to an aromatic ring is 1. The Morgan fingerprint density at radius 1 is 1.32 bits per heavy atom. The monoisotopic (exact) mass is 377 g/mol. The molecule has 0 fully saturated rings. The standard InChI is InChI=1S/C20H23N7O/c1-13(26(4)19-17(22-3)11-15(21)12-24-19)8-9-14(2)28-20-25-16-7-6-10-23-18(16)27(20)5/h6-12,22H,1-2,21H2,3-5H3/b9-8-. The normalized spacial score (nSPS) is 11.0. The Balaban J connectivity index is 1.71. The maximum absolute atomic E-state index is 5.79. The predicted octanol–water partition coefficient (Wildman–Crippen LogP) is 3.09. The first-order valence-electron chi connectivity index (χ1n) is 8.59. The predicted molar refractivity (Wildman–Crippen MR) is 113 cm³/mol. The van der Waals surface area contributed by atoms with E-state index in [9.17, 15) is 0 Å². The second-order valence-corrected chi connectivity index (χ2v) is 6.14. The SMILES string of the molecule is C=C(/C=C\C(=C)N(C)c1ncc(N)cc1NC)Oc1nc2cccnc2n1C. The molecular weight excluding hydrogens is 354 g/mol. The molecule has 0 aliphatic heterocycles. The van der Waals surface area contributed by atoms with Crippen molar-refractivity contribution < 1.29 is 4.74 Å². The zero-order valence-corrected chi connectivity index (χ0v) is 16.2. The molecular formula is C20H23N7O. The first-order valence-corrected chi connectivity index (χ1v) is 8.59. The van der Waals surface area contributed by atoms with Crippen molar-refractivity contribution in [3.8, 4) is 6.01 Å². The number of nitrogens with two attached hydrogens (primary N) is 1. The molecule has 0 radical (unpaired) electrons. The fourth-order valence-electron chi connectivity index (χ4n) is 2.61. The van der Waals surface area contributed by atoms with E-state index in [1.807, 2.05) is 44.2 Å². The minimum atomic E-state index is 0.417. The number of hydrogen-bond acceptors (Lipinski definition) is 7. The van der Waals surface area contributed by atoms with E-state index >= 15 is 0 Å². The summed E-state index contributed by atoms with van der Waals surface area (Å²) in [5, 5.41) is 3.08. The van der Waals surface area contributed by atoms with Crippen molar-refractivity contribution in [3.05, 3.63) is 67.4 Å². The zero-order valence-electron chi connectivity index (χ0n) is 16.2. The van der Waals surface area contributed by atoms with Gasteiger partial charge in [0, 0.05) is 33.0 Å². The van der Waals surface area contributed by atoms with Gasteiger partial charge in [0.1, 0.15) is 11.3 Å². The van der Waals surface area contributed by atoms with Gasteiger partial charge in [-0.2, -0.15) is 4.98 Å². The van der Waals surface area contributed by atoms with Crippen LogP contribution in [0.25, 0.3) is 11.2 Å². The number of ether oxygens (including phenoxy) is 1. The number of pyridine rings is 2. The molecule has 3 aromatic heterocycles. The third-order valence-corrected chi connectivity index (χ3v) is 4.18. The van der Waals surface area contributed by atoms with E-state index in [1.165, 1.54) is 0 Å². The fourth-order valence-corrected chi connectivity index (χ4v) is 2.61. The van der Waals surface area contributed by atoms with Crippen LogP contribution in [-0.4, -0.2) is 33.6 Å². The molecule has 0 spiro atoms. The summed E-state index contributed by atoms with van der Waals surface area (Å²) >= 11 is 0. The number of allylic oxidation sites excluding steroid dienone is 2. The van der Waals surface area contributed by atoms with Crippen molar-refractivity contribution in [1.82, 2.24) is 19.5 Å². The van der Waals surface area contributed by atoms with E-state index in [0.29, 0.717) is 29.0 Å². The molecule has 3 heterocycles. The first-order chi connectivity index (χ1) is 13.4. The van der Waals surface area contributed by atoms with Gasteiger partial charge in [-0.1, -0.05) is 13.2 Å². The van der Waals surface area contributed by atoms with Crippen LogP contribution in [0.4, 0.5) is 17.2 Å². The number of nitrogens with zero attached hydrogens (tertiary/aromatic N) is 5. The van der Waals surface area contributed by atoms with Crippen molar-refractivity contribution in [2.45, 2.75) is 0 Å². The zero-order chi connectivity index (χ0) is 20.3. The number of likely N-dealkylation sites (N-methyl/N-ethyl adjacent to an activating group) is 1. The van der Waals surface area contributed by atoms with E-state index in [1.54, 1.807) is 29.1 Å². The van der Waals surface area contributed by atoms with Gasteiger partial charge in [-0.3, -0.25) is 4.57 Å². The minimum absolute atomic E-state index is 0.417. The molecule has 0 saturated heterocycles. The van der Waals surface area contributed by atoms with Gasteiger partial charge in [-0.05, 0) is 30.4 Å². The smallest absolute Gasteiger partial charge is 0.303 e. The summed E-state index contributed by atoms with van der Waals surface area (Å²) in [6.07, 6.45) is 6.83. The summed E-state index contributed by atoms with van der Waals surface area (Å²) in [7, 11) is 5.52. The van der Waals surface area contributed by atoms with E-state index in [0.717, 1.165) is 16.9 Å². The number of hydrogen-bond donors (Lipinski definition) is 2. The second kappa shape index (κ2) is 7.83. The van der Waals surface area contributed by atoms with E-state index < -0.39 is 0 Å². The highest BCUT2D eigenvalue weighted by Crippen LogP contribution is 2.26. The summed E-state index contributed by atoms with van der Waals surface area (Å²) in [6, 6.07) is 5.94. The highest BCUT2D eigenvalue weighted by Gasteiger charge is 2.12. The lowest BCUT2D eigenvalue weighted by atomic mass is 10.3. The van der Waals surface area contributed by atoms with E-state index in [2.05, 4.69) is 33.4 Å². The van der Waals surface area contributed by atoms with E-state index in [-0.39, 0.29) is 0 Å². The van der Waals surface area contributed by atoms with Crippen molar-refractivity contribution in [2.75, 3.05) is 30.0 Å². The summed E-state index contributed by atoms with van der Waals surface area (Å²) in [5.74, 6) is 1.13. The molecule has 3 rings (SSSR count). The summed E-state index contributed by atoms with van der Waals surface area (Å²) in [6.45, 7) is 8.00. The van der Waals surface area contributed by atoms with Crippen LogP contribution < -0.4 is 20.7 Å². The third-order valence-electron chi connectivity index (χ3n) is 4.18. The molecule has 8 nitrogen and oxygen atoms in total. The second-order valence-electron chi connectivity index (χ2n) is 6.14. The average molecular weight is 377 g/mol. The average Bonchev–Trinajstić information content (AvgIpc) is 3.01. The molecule has 0 bridgehead atoms. The van der Waals surface area contributed by atoms with Gasteiger partial charge in [0.2, 0.25) is 0 Å². The van der Waals surface area contributed by atoms with Crippen LogP contribution in [0.1, 0.15) is 0 Å². The Kier molecular flexibility index (Phi) is 5.30. The topological polar surface area (TPSA) is 94.1 Å². The number of imidazole rings is 1. The Morgan fingerprint density at radius 3 is 2.82 bits per heavy atom. The maximum Gasteiger partial charge on any atom is 0.303 e. The van der Waals surface area contributed by atoms with Gasteiger partial charge >= 0.3 is 6.01 Å². The number of nitrogens with one attached hydrogen (secondary N) is 1. The number of aryl methyl sites for hydroxylation is 1. The Morgan fingerprint density at radius 2 is 2.11 bits per heavy atom. The van der Waals surface area contributed by atoms with Crippen LogP contribution in [0, 0.1) is 0 Å². The van der Waals surface area contributed by atoms with Crippen LogP contribution in [0.3, 0.4) is 0 Å². The lowest BCUT2D eigenvalue weighted by Crippen LogP contribution is -2.17. The van der Waals surface area contributed by atoms with Gasteiger partial charge < -0.3 is 20.7 Å². The summed E-state index contributed by atoms with van der Waals surface area (Å²) < 4.78 is 7.52. The molecule has 0 aliphatic carbocycles. The maximum atomic E-state index is 5.79. The minimum Gasteiger partial charge on any atom is -0.426 e. The fraction of sp³-hybridized carbons (Fsp3) is 0.150. The molecule has 0 atom stereocenters. The Labute approximate surface area is 163 Å². The molecule has 3 N–H and O–H groups in total. The molecule has 0 saturated carbocycles. The number of rotatable bonds is 7. The highest BCUT2D eigenvalue weighted by atomic mass is 16.5. The lowest BCUT2D eigenvalue weighted by Gasteiger charge is -2.21. The first kappa shape index (κ1) is 19.0. The molecule has 0 amide bonds. The van der Waals surface area contributed by atoms with Crippen molar-refractivity contribution in [3.63, 3.8) is 0 Å². The quantitative estimate of drug-likeness (QED) is 0.483. The lowest BCUT2D eigenvalue weighted by molar-refractivity contribution is 0.397. The van der Waals surface area contributed by atoms with Gasteiger partial charge in [0.25, 0.3) is 0 Å². The van der Waals surface area contributed by atoms with Crippen LogP contribution in [0.5, 0.6) is 6.01 Å². The molecule has 3 aromatic rings. The Hall–Kier alpha value is -3.81.